The van der Waals surface area contributed by atoms with Crippen LogP contribution in [0.5, 0.6) is 5.75 Å². The van der Waals surface area contributed by atoms with Gasteiger partial charge in [0, 0.05) is 5.56 Å². The van der Waals surface area contributed by atoms with Gasteiger partial charge in [-0.25, -0.2) is 0 Å². The van der Waals surface area contributed by atoms with Gasteiger partial charge in [-0.3, -0.25) is 4.79 Å². The van der Waals surface area contributed by atoms with Gasteiger partial charge in [0.15, 0.2) is 0 Å². The maximum Gasteiger partial charge on any atom is 0.237 e. The highest BCUT2D eigenvalue weighted by Crippen LogP contribution is 2.24. The van der Waals surface area contributed by atoms with E-state index in [1.165, 1.54) is 0 Å². The van der Waals surface area contributed by atoms with Gasteiger partial charge in [0.2, 0.25) is 5.91 Å². The lowest BCUT2D eigenvalue weighted by Gasteiger charge is -2.19. The summed E-state index contributed by atoms with van der Waals surface area (Å²) in [6.07, 6.45) is 0. The molecule has 0 fully saturated rings. The van der Waals surface area contributed by atoms with Crippen molar-refractivity contribution in [2.75, 3.05) is 14.2 Å². The van der Waals surface area contributed by atoms with Crippen molar-refractivity contribution in [3.05, 3.63) is 29.8 Å². The van der Waals surface area contributed by atoms with Crippen molar-refractivity contribution in [1.82, 2.24) is 10.6 Å². The highest BCUT2D eigenvalue weighted by Gasteiger charge is 2.16. The van der Waals surface area contributed by atoms with E-state index in [0.29, 0.717) is 0 Å². The van der Waals surface area contributed by atoms with E-state index >= 15 is 0 Å². The first kappa shape index (κ1) is 13.5. The first-order chi connectivity index (χ1) is 8.10. The SMILES string of the molecule is CNC(C)C(=O)N[C@@H](C)c1ccccc1OC. The number of amides is 1. The van der Waals surface area contributed by atoms with Crippen molar-refractivity contribution in [3.8, 4) is 5.75 Å². The summed E-state index contributed by atoms with van der Waals surface area (Å²) >= 11 is 0. The third kappa shape index (κ3) is 3.46. The van der Waals surface area contributed by atoms with Gasteiger partial charge in [0.05, 0.1) is 19.2 Å². The Morgan fingerprint density at radius 2 is 1.94 bits per heavy atom. The summed E-state index contributed by atoms with van der Waals surface area (Å²) in [5, 5.41) is 5.85. The Kier molecular flexibility index (Phi) is 4.97. The fraction of sp³-hybridized carbons (Fsp3) is 0.462. The number of para-hydroxylation sites is 1. The molecule has 1 aromatic carbocycles. The molecule has 0 aliphatic heterocycles. The maximum absolute atomic E-state index is 11.7. The van der Waals surface area contributed by atoms with Crippen molar-refractivity contribution in [2.24, 2.45) is 0 Å². The molecule has 4 heteroatoms. The number of rotatable bonds is 5. The summed E-state index contributed by atoms with van der Waals surface area (Å²) in [6.45, 7) is 3.77. The smallest absolute Gasteiger partial charge is 0.237 e. The molecule has 0 spiro atoms. The fourth-order valence-corrected chi connectivity index (χ4v) is 1.57. The Hall–Kier alpha value is -1.55. The molecule has 2 atom stereocenters. The Bertz CT molecular complexity index is 379. The van der Waals surface area contributed by atoms with Gasteiger partial charge in [-0.05, 0) is 27.0 Å². The fourth-order valence-electron chi connectivity index (χ4n) is 1.57. The van der Waals surface area contributed by atoms with E-state index in [-0.39, 0.29) is 18.0 Å². The van der Waals surface area contributed by atoms with E-state index in [2.05, 4.69) is 10.6 Å². The lowest BCUT2D eigenvalue weighted by molar-refractivity contribution is -0.123. The third-order valence-corrected chi connectivity index (χ3v) is 2.79. The average molecular weight is 236 g/mol. The summed E-state index contributed by atoms with van der Waals surface area (Å²) in [7, 11) is 3.39. The first-order valence-electron chi connectivity index (χ1n) is 5.70. The van der Waals surface area contributed by atoms with Crippen LogP contribution in [0.25, 0.3) is 0 Å². The minimum Gasteiger partial charge on any atom is -0.496 e. The van der Waals surface area contributed by atoms with Crippen LogP contribution in [0.3, 0.4) is 0 Å². The minimum absolute atomic E-state index is 0.0223. The first-order valence-corrected chi connectivity index (χ1v) is 5.70. The number of ether oxygens (including phenoxy) is 1. The zero-order valence-electron chi connectivity index (χ0n) is 10.8. The number of hydrogen-bond acceptors (Lipinski definition) is 3. The summed E-state index contributed by atoms with van der Waals surface area (Å²) < 4.78 is 5.27. The van der Waals surface area contributed by atoms with E-state index in [0.717, 1.165) is 11.3 Å². The lowest BCUT2D eigenvalue weighted by Crippen LogP contribution is -2.41. The Balaban J connectivity index is 2.76. The molecule has 1 amide bonds. The normalized spacial score (nSPS) is 13.9. The number of likely N-dealkylation sites (N-methyl/N-ethyl adjacent to an activating group) is 1. The lowest BCUT2D eigenvalue weighted by atomic mass is 10.1. The van der Waals surface area contributed by atoms with Crippen LogP contribution >= 0.6 is 0 Å². The molecule has 1 aromatic rings. The van der Waals surface area contributed by atoms with Gasteiger partial charge in [-0.1, -0.05) is 18.2 Å². The molecule has 1 rings (SSSR count). The molecule has 0 aliphatic carbocycles. The zero-order valence-corrected chi connectivity index (χ0v) is 10.8. The molecule has 0 saturated heterocycles. The standard InChI is InChI=1S/C13H20N2O2/c1-9(15-13(16)10(2)14-3)11-7-5-6-8-12(11)17-4/h5-10,14H,1-4H3,(H,15,16)/t9-,10?/m0/s1. The molecule has 94 valence electrons. The van der Waals surface area contributed by atoms with E-state index in [1.54, 1.807) is 14.2 Å². The zero-order chi connectivity index (χ0) is 12.8. The van der Waals surface area contributed by atoms with Crippen molar-refractivity contribution in [3.63, 3.8) is 0 Å². The molecule has 0 radical (unpaired) electrons. The van der Waals surface area contributed by atoms with Crippen LogP contribution in [-0.2, 0) is 4.79 Å². The van der Waals surface area contributed by atoms with E-state index in [4.69, 9.17) is 4.74 Å². The van der Waals surface area contributed by atoms with Crippen molar-refractivity contribution >= 4 is 5.91 Å². The van der Waals surface area contributed by atoms with Crippen LogP contribution in [0.1, 0.15) is 25.5 Å². The van der Waals surface area contributed by atoms with Crippen molar-refractivity contribution in [2.45, 2.75) is 25.9 Å². The molecule has 17 heavy (non-hydrogen) atoms. The molecule has 4 nitrogen and oxygen atoms in total. The van der Waals surface area contributed by atoms with Crippen LogP contribution in [-0.4, -0.2) is 26.1 Å². The van der Waals surface area contributed by atoms with Gasteiger partial charge in [0.1, 0.15) is 5.75 Å². The summed E-state index contributed by atoms with van der Waals surface area (Å²) in [4.78, 5) is 11.7. The third-order valence-electron chi connectivity index (χ3n) is 2.79. The molecule has 1 unspecified atom stereocenters. The van der Waals surface area contributed by atoms with Gasteiger partial charge in [-0.15, -0.1) is 0 Å². The number of methoxy groups -OCH3 is 1. The second kappa shape index (κ2) is 6.25. The Labute approximate surface area is 102 Å². The van der Waals surface area contributed by atoms with Crippen molar-refractivity contribution < 1.29 is 9.53 Å². The Morgan fingerprint density at radius 3 is 2.53 bits per heavy atom. The molecular formula is C13H20N2O2. The predicted molar refractivity (Wildman–Crippen MR) is 68.1 cm³/mol. The van der Waals surface area contributed by atoms with Crippen LogP contribution in [0.2, 0.25) is 0 Å². The monoisotopic (exact) mass is 236 g/mol. The Morgan fingerprint density at radius 1 is 1.29 bits per heavy atom. The minimum atomic E-state index is -0.202. The second-order valence-electron chi connectivity index (χ2n) is 3.98. The molecule has 2 N–H and O–H groups in total. The molecule has 0 bridgehead atoms. The summed E-state index contributed by atoms with van der Waals surface area (Å²) in [5.74, 6) is 0.767. The molecule has 0 heterocycles. The second-order valence-corrected chi connectivity index (χ2v) is 3.98. The van der Waals surface area contributed by atoms with E-state index in [9.17, 15) is 4.79 Å². The predicted octanol–water partition coefficient (Wildman–Crippen LogP) is 1.48. The molecule has 0 saturated carbocycles. The topological polar surface area (TPSA) is 50.4 Å². The van der Waals surface area contributed by atoms with Crippen LogP contribution in [0.15, 0.2) is 24.3 Å². The van der Waals surface area contributed by atoms with Crippen molar-refractivity contribution in [1.29, 1.82) is 0 Å². The van der Waals surface area contributed by atoms with Gasteiger partial charge < -0.3 is 15.4 Å². The van der Waals surface area contributed by atoms with Gasteiger partial charge in [-0.2, -0.15) is 0 Å². The highest BCUT2D eigenvalue weighted by atomic mass is 16.5. The number of benzene rings is 1. The number of carbonyl (C=O) groups excluding carboxylic acids is 1. The van der Waals surface area contributed by atoms with Gasteiger partial charge >= 0.3 is 0 Å². The van der Waals surface area contributed by atoms with E-state index in [1.807, 2.05) is 38.1 Å². The largest absolute Gasteiger partial charge is 0.496 e. The molecular weight excluding hydrogens is 216 g/mol. The summed E-state index contributed by atoms with van der Waals surface area (Å²) in [5.41, 5.74) is 0.978. The number of carbonyl (C=O) groups is 1. The highest BCUT2D eigenvalue weighted by molar-refractivity contribution is 5.81. The summed E-state index contributed by atoms with van der Waals surface area (Å²) in [6, 6.07) is 7.41. The van der Waals surface area contributed by atoms with E-state index < -0.39 is 0 Å². The number of hydrogen-bond donors (Lipinski definition) is 2. The average Bonchev–Trinajstić information content (AvgIpc) is 2.37. The van der Waals surface area contributed by atoms with Crippen LogP contribution in [0.4, 0.5) is 0 Å². The molecule has 0 aliphatic rings. The van der Waals surface area contributed by atoms with Gasteiger partial charge in [0.25, 0.3) is 0 Å². The quantitative estimate of drug-likeness (QED) is 0.814. The maximum atomic E-state index is 11.7. The van der Waals surface area contributed by atoms with Crippen LogP contribution < -0.4 is 15.4 Å². The van der Waals surface area contributed by atoms with Crippen LogP contribution in [0, 0.1) is 0 Å². The molecule has 0 aromatic heterocycles. The number of nitrogens with one attached hydrogen (secondary N) is 2.